The number of nitrogens with one attached hydrogen (secondary N) is 2. The second kappa shape index (κ2) is 6.11. The van der Waals surface area contributed by atoms with E-state index in [1.165, 1.54) is 10.9 Å². The first-order valence-corrected chi connectivity index (χ1v) is 9.47. The van der Waals surface area contributed by atoms with E-state index in [0.29, 0.717) is 23.0 Å². The smallest absolute Gasteiger partial charge is 0.161 e. The molecule has 2 saturated carbocycles. The molecule has 26 heavy (non-hydrogen) atoms. The van der Waals surface area contributed by atoms with E-state index < -0.39 is 0 Å². The summed E-state index contributed by atoms with van der Waals surface area (Å²) in [5.41, 5.74) is 4.64. The number of ketones is 1. The van der Waals surface area contributed by atoms with Crippen LogP contribution in [0.1, 0.15) is 32.8 Å². The summed E-state index contributed by atoms with van der Waals surface area (Å²) in [6, 6.07) is 10.3. The standard InChI is InChI=1S/C22H27N3O/c1-13-11-19(25-17-8-6-5-7-15(13)17)24-10-9-23-14(2)20-18(26)12-16-21(20)22(16,3)4/h5-8,11,16,21,23H,9-10,12H2,1-4H3,(H,24,25)/b20-14+/t16-,21-/m1/s1. The molecule has 1 aromatic carbocycles. The molecule has 0 radical (unpaired) electrons. The zero-order valence-corrected chi connectivity index (χ0v) is 16.0. The summed E-state index contributed by atoms with van der Waals surface area (Å²) in [5.74, 6) is 2.25. The fraction of sp³-hybridized carbons (Fsp3) is 0.455. The molecule has 2 fully saturated rings. The number of rotatable bonds is 5. The average Bonchev–Trinajstić information content (AvgIpc) is 2.94. The first-order chi connectivity index (χ1) is 12.4. The number of nitrogens with zero attached hydrogens (tertiary/aromatic N) is 1. The third kappa shape index (κ3) is 2.77. The zero-order valence-electron chi connectivity index (χ0n) is 16.0. The second-order valence-corrected chi connectivity index (χ2v) is 8.27. The van der Waals surface area contributed by atoms with Crippen molar-refractivity contribution in [1.29, 1.82) is 0 Å². The average molecular weight is 349 g/mol. The zero-order chi connectivity index (χ0) is 18.5. The summed E-state index contributed by atoms with van der Waals surface area (Å²) in [7, 11) is 0. The molecule has 0 unspecified atom stereocenters. The van der Waals surface area contributed by atoms with Gasteiger partial charge in [-0.05, 0) is 48.8 Å². The molecule has 2 aliphatic rings. The van der Waals surface area contributed by atoms with E-state index in [-0.39, 0.29) is 0 Å². The molecule has 1 aromatic heterocycles. The Morgan fingerprint density at radius 1 is 1.27 bits per heavy atom. The summed E-state index contributed by atoms with van der Waals surface area (Å²) in [6.45, 7) is 10.2. The van der Waals surface area contributed by atoms with Crippen molar-refractivity contribution < 1.29 is 4.79 Å². The van der Waals surface area contributed by atoms with Gasteiger partial charge in [0.15, 0.2) is 5.78 Å². The molecule has 0 amide bonds. The lowest BCUT2D eigenvalue weighted by molar-refractivity contribution is -0.115. The summed E-state index contributed by atoms with van der Waals surface area (Å²) < 4.78 is 0. The van der Waals surface area contributed by atoms with Crippen LogP contribution >= 0.6 is 0 Å². The highest BCUT2D eigenvalue weighted by molar-refractivity contribution is 6.01. The van der Waals surface area contributed by atoms with Crippen molar-refractivity contribution in [3.8, 4) is 0 Å². The molecule has 4 rings (SSSR count). The number of aromatic nitrogens is 1. The number of carbonyl (C=O) groups is 1. The van der Waals surface area contributed by atoms with Gasteiger partial charge in [-0.1, -0.05) is 32.0 Å². The topological polar surface area (TPSA) is 54.0 Å². The number of hydrogen-bond donors (Lipinski definition) is 2. The third-order valence-electron chi connectivity index (χ3n) is 6.22. The van der Waals surface area contributed by atoms with Crippen molar-refractivity contribution in [2.45, 2.75) is 34.1 Å². The molecular weight excluding hydrogens is 322 g/mol. The van der Waals surface area contributed by atoms with Crippen molar-refractivity contribution >= 4 is 22.5 Å². The lowest BCUT2D eigenvalue weighted by Crippen LogP contribution is -2.24. The van der Waals surface area contributed by atoms with Crippen LogP contribution in [0.5, 0.6) is 0 Å². The molecule has 2 aliphatic carbocycles. The molecule has 4 heteroatoms. The minimum Gasteiger partial charge on any atom is -0.386 e. The predicted molar refractivity (Wildman–Crippen MR) is 106 cm³/mol. The Hall–Kier alpha value is -2.36. The number of para-hydroxylation sites is 1. The van der Waals surface area contributed by atoms with Gasteiger partial charge >= 0.3 is 0 Å². The summed E-state index contributed by atoms with van der Waals surface area (Å²) in [5, 5.41) is 8.02. The van der Waals surface area contributed by atoms with E-state index in [4.69, 9.17) is 0 Å². The Balaban J connectivity index is 1.37. The van der Waals surface area contributed by atoms with Crippen LogP contribution in [0, 0.1) is 24.2 Å². The van der Waals surface area contributed by atoms with Crippen LogP contribution in [0.3, 0.4) is 0 Å². The quantitative estimate of drug-likeness (QED) is 0.631. The maximum atomic E-state index is 12.2. The fourth-order valence-electron chi connectivity index (χ4n) is 4.60. The molecule has 136 valence electrons. The molecule has 0 saturated heterocycles. The lowest BCUT2D eigenvalue weighted by atomic mass is 9.95. The monoisotopic (exact) mass is 349 g/mol. The highest BCUT2D eigenvalue weighted by atomic mass is 16.1. The molecule has 0 aliphatic heterocycles. The third-order valence-corrected chi connectivity index (χ3v) is 6.22. The van der Waals surface area contributed by atoms with Crippen molar-refractivity contribution in [3.63, 3.8) is 0 Å². The molecular formula is C22H27N3O. The van der Waals surface area contributed by atoms with Gasteiger partial charge in [0.2, 0.25) is 0 Å². The number of carbonyl (C=O) groups excluding carboxylic acids is 1. The normalized spacial score (nSPS) is 25.2. The van der Waals surface area contributed by atoms with Crippen LogP contribution in [0.4, 0.5) is 5.82 Å². The Bertz CT molecular complexity index is 913. The molecule has 1 heterocycles. The van der Waals surface area contributed by atoms with Crippen LogP contribution < -0.4 is 10.6 Å². The van der Waals surface area contributed by atoms with Crippen LogP contribution in [-0.2, 0) is 4.79 Å². The maximum absolute atomic E-state index is 12.2. The van der Waals surface area contributed by atoms with Crippen LogP contribution in [0.15, 0.2) is 41.6 Å². The lowest BCUT2D eigenvalue weighted by Gasteiger charge is -2.15. The first-order valence-electron chi connectivity index (χ1n) is 9.47. The second-order valence-electron chi connectivity index (χ2n) is 8.27. The first kappa shape index (κ1) is 17.1. The minimum absolute atomic E-state index is 0.303. The van der Waals surface area contributed by atoms with E-state index in [2.05, 4.69) is 48.5 Å². The molecule has 2 N–H and O–H groups in total. The van der Waals surface area contributed by atoms with Gasteiger partial charge in [0.1, 0.15) is 5.82 Å². The fourth-order valence-corrected chi connectivity index (χ4v) is 4.60. The minimum atomic E-state index is 0.303. The van der Waals surface area contributed by atoms with E-state index in [9.17, 15) is 4.79 Å². The SMILES string of the molecule is C/C(NCCNc1cc(C)c2ccccc2n1)=C1/C(=O)C[C@@H]2[C@H]1C2(C)C. The number of Topliss-reactive ketones (excluding diaryl/α,β-unsaturated/α-hetero) is 1. The number of pyridine rings is 1. The van der Waals surface area contributed by atoms with E-state index >= 15 is 0 Å². The largest absolute Gasteiger partial charge is 0.386 e. The van der Waals surface area contributed by atoms with E-state index in [1.807, 2.05) is 25.1 Å². The Morgan fingerprint density at radius 2 is 2.04 bits per heavy atom. The summed E-state index contributed by atoms with van der Waals surface area (Å²) >= 11 is 0. The van der Waals surface area contributed by atoms with Crippen molar-refractivity contribution in [1.82, 2.24) is 10.3 Å². The van der Waals surface area contributed by atoms with E-state index in [0.717, 1.165) is 42.1 Å². The molecule has 0 bridgehead atoms. The highest BCUT2D eigenvalue weighted by Crippen LogP contribution is 2.68. The number of hydrogen-bond acceptors (Lipinski definition) is 4. The van der Waals surface area contributed by atoms with Crippen LogP contribution in [0.2, 0.25) is 0 Å². The van der Waals surface area contributed by atoms with Gasteiger partial charge in [0, 0.05) is 36.2 Å². The predicted octanol–water partition coefficient (Wildman–Crippen LogP) is 4.06. The molecule has 4 nitrogen and oxygen atoms in total. The Labute approximate surface area is 155 Å². The van der Waals surface area contributed by atoms with Crippen LogP contribution in [0.25, 0.3) is 10.9 Å². The molecule has 0 spiro atoms. The number of anilines is 1. The number of benzene rings is 1. The summed E-state index contributed by atoms with van der Waals surface area (Å²) in [4.78, 5) is 16.9. The van der Waals surface area contributed by atoms with Gasteiger partial charge in [0.05, 0.1) is 5.52 Å². The number of allylic oxidation sites excluding steroid dienone is 2. The highest BCUT2D eigenvalue weighted by Gasteiger charge is 2.65. The van der Waals surface area contributed by atoms with Gasteiger partial charge in [-0.25, -0.2) is 4.98 Å². The van der Waals surface area contributed by atoms with Gasteiger partial charge < -0.3 is 10.6 Å². The van der Waals surface area contributed by atoms with Gasteiger partial charge in [-0.2, -0.15) is 0 Å². The van der Waals surface area contributed by atoms with Gasteiger partial charge in [-0.15, -0.1) is 0 Å². The van der Waals surface area contributed by atoms with Gasteiger partial charge in [-0.3, -0.25) is 4.79 Å². The summed E-state index contributed by atoms with van der Waals surface area (Å²) in [6.07, 6.45) is 0.727. The Morgan fingerprint density at radius 3 is 2.81 bits per heavy atom. The maximum Gasteiger partial charge on any atom is 0.161 e. The Kier molecular flexibility index (Phi) is 4.02. The van der Waals surface area contributed by atoms with Crippen molar-refractivity contribution in [2.24, 2.45) is 17.3 Å². The number of aryl methyl sites for hydroxylation is 1. The van der Waals surface area contributed by atoms with Gasteiger partial charge in [0.25, 0.3) is 0 Å². The van der Waals surface area contributed by atoms with E-state index in [1.54, 1.807) is 0 Å². The van der Waals surface area contributed by atoms with Crippen molar-refractivity contribution in [3.05, 3.63) is 47.2 Å². The van der Waals surface area contributed by atoms with Crippen LogP contribution in [-0.4, -0.2) is 23.9 Å². The number of fused-ring (bicyclic) bond motifs is 2. The molecule has 2 aromatic rings. The van der Waals surface area contributed by atoms with Crippen molar-refractivity contribution in [2.75, 3.05) is 18.4 Å². The molecule has 2 atom stereocenters.